The van der Waals surface area contributed by atoms with Crippen LogP contribution in [0.2, 0.25) is 0 Å². The van der Waals surface area contributed by atoms with Crippen molar-refractivity contribution < 1.29 is 4.74 Å². The highest BCUT2D eigenvalue weighted by Crippen LogP contribution is 2.17. The van der Waals surface area contributed by atoms with E-state index in [-0.39, 0.29) is 0 Å². The molecule has 2 aromatic rings. The first-order valence-electron chi connectivity index (χ1n) is 8.11. The zero-order valence-electron chi connectivity index (χ0n) is 13.6. The number of benzene rings is 1. The fourth-order valence-corrected chi connectivity index (χ4v) is 2.48. The van der Waals surface area contributed by atoms with Crippen molar-refractivity contribution in [2.75, 3.05) is 6.61 Å². The number of aromatic nitrogens is 3. The molecule has 0 bridgehead atoms. The lowest BCUT2D eigenvalue weighted by molar-refractivity contribution is 0.340. The molecule has 22 heavy (non-hydrogen) atoms. The van der Waals surface area contributed by atoms with Crippen molar-refractivity contribution in [1.82, 2.24) is 15.0 Å². The Balaban J connectivity index is 2.11. The summed E-state index contributed by atoms with van der Waals surface area (Å²) in [6, 6.07) is 8.20. The van der Waals surface area contributed by atoms with Crippen molar-refractivity contribution in [2.24, 2.45) is 5.73 Å². The van der Waals surface area contributed by atoms with Crippen molar-refractivity contribution in [3.8, 4) is 5.75 Å². The fourth-order valence-electron chi connectivity index (χ4n) is 2.48. The molecule has 0 amide bonds. The van der Waals surface area contributed by atoms with Crippen LogP contribution in [0.25, 0.3) is 0 Å². The minimum atomic E-state index is 0.431. The van der Waals surface area contributed by atoms with E-state index in [2.05, 4.69) is 29.4 Å². The van der Waals surface area contributed by atoms with E-state index in [0.717, 1.165) is 36.5 Å². The smallest absolute Gasteiger partial charge is 0.119 e. The molecule has 0 aliphatic rings. The van der Waals surface area contributed by atoms with Gasteiger partial charge in [-0.1, -0.05) is 37.1 Å². The largest absolute Gasteiger partial charge is 0.494 e. The van der Waals surface area contributed by atoms with Gasteiger partial charge in [-0.15, -0.1) is 5.10 Å². The molecule has 0 aliphatic carbocycles. The Morgan fingerprint density at radius 2 is 1.91 bits per heavy atom. The molecule has 0 saturated carbocycles. The third kappa shape index (κ3) is 4.31. The fraction of sp³-hybridized carbons (Fsp3) is 0.529. The summed E-state index contributed by atoms with van der Waals surface area (Å²) in [7, 11) is 0. The summed E-state index contributed by atoms with van der Waals surface area (Å²) < 4.78 is 7.49. The molecular formula is C17H26N4O. The molecule has 0 aliphatic heterocycles. The van der Waals surface area contributed by atoms with Crippen LogP contribution >= 0.6 is 0 Å². The first-order chi connectivity index (χ1) is 10.8. The quantitative estimate of drug-likeness (QED) is 0.723. The molecule has 0 spiro atoms. The van der Waals surface area contributed by atoms with Crippen molar-refractivity contribution in [2.45, 2.75) is 52.6 Å². The Labute approximate surface area is 132 Å². The number of nitrogens with two attached hydrogens (primary N) is 1. The van der Waals surface area contributed by atoms with Gasteiger partial charge in [0.1, 0.15) is 5.75 Å². The molecule has 2 rings (SSSR count). The summed E-state index contributed by atoms with van der Waals surface area (Å²) in [5.41, 5.74) is 9.04. The van der Waals surface area contributed by atoms with Crippen LogP contribution < -0.4 is 10.5 Å². The van der Waals surface area contributed by atoms with E-state index in [1.54, 1.807) is 0 Å². The molecule has 0 fully saturated rings. The van der Waals surface area contributed by atoms with E-state index < -0.39 is 0 Å². The second-order valence-electron chi connectivity index (χ2n) is 5.37. The van der Waals surface area contributed by atoms with Crippen LogP contribution in [0.3, 0.4) is 0 Å². The van der Waals surface area contributed by atoms with Crippen molar-refractivity contribution in [1.29, 1.82) is 0 Å². The van der Waals surface area contributed by atoms with Gasteiger partial charge in [0, 0.05) is 19.5 Å². The van der Waals surface area contributed by atoms with E-state index in [9.17, 15) is 0 Å². The van der Waals surface area contributed by atoms with Gasteiger partial charge in [0.15, 0.2) is 0 Å². The van der Waals surface area contributed by atoms with Crippen LogP contribution in [0, 0.1) is 0 Å². The number of ether oxygens (including phenoxy) is 1. The molecule has 0 atom stereocenters. The molecule has 120 valence electrons. The highest BCUT2D eigenvalue weighted by atomic mass is 16.5. The number of aryl methyl sites for hydroxylation is 1. The molecule has 2 N–H and O–H groups in total. The summed E-state index contributed by atoms with van der Waals surface area (Å²) in [4.78, 5) is 0. The minimum absolute atomic E-state index is 0.431. The Kier molecular flexibility index (Phi) is 6.40. The zero-order chi connectivity index (χ0) is 15.8. The lowest BCUT2D eigenvalue weighted by Crippen LogP contribution is -2.09. The minimum Gasteiger partial charge on any atom is -0.494 e. The Morgan fingerprint density at radius 3 is 2.55 bits per heavy atom. The van der Waals surface area contributed by atoms with Crippen LogP contribution in [0.1, 0.15) is 50.1 Å². The second kappa shape index (κ2) is 8.54. The predicted octanol–water partition coefficient (Wildman–Crippen LogP) is 2.92. The summed E-state index contributed by atoms with van der Waals surface area (Å²) >= 11 is 0. The lowest BCUT2D eigenvalue weighted by Gasteiger charge is -2.09. The standard InChI is InChI=1S/C17H26N4O/c1-3-5-6-11-21-17(16(13-18)19-20-21)12-14-7-9-15(10-8-14)22-4-2/h7-10H,3-6,11-13,18H2,1-2H3. The highest BCUT2D eigenvalue weighted by molar-refractivity contribution is 5.30. The molecule has 5 nitrogen and oxygen atoms in total. The summed E-state index contributed by atoms with van der Waals surface area (Å²) in [6.07, 6.45) is 4.34. The van der Waals surface area contributed by atoms with Gasteiger partial charge in [-0.25, -0.2) is 4.68 Å². The molecule has 0 radical (unpaired) electrons. The number of rotatable bonds is 9. The molecular weight excluding hydrogens is 276 g/mol. The summed E-state index contributed by atoms with van der Waals surface area (Å²) in [5, 5.41) is 8.48. The third-order valence-electron chi connectivity index (χ3n) is 3.69. The number of hydrogen-bond acceptors (Lipinski definition) is 4. The first-order valence-corrected chi connectivity index (χ1v) is 8.11. The Morgan fingerprint density at radius 1 is 1.14 bits per heavy atom. The van der Waals surface area contributed by atoms with Crippen molar-refractivity contribution >= 4 is 0 Å². The summed E-state index contributed by atoms with van der Waals surface area (Å²) in [5.74, 6) is 0.903. The number of unbranched alkanes of at least 4 members (excludes halogenated alkanes) is 2. The second-order valence-corrected chi connectivity index (χ2v) is 5.37. The van der Waals surface area contributed by atoms with Crippen LogP contribution in [0.15, 0.2) is 24.3 Å². The van der Waals surface area contributed by atoms with Gasteiger partial charge < -0.3 is 10.5 Å². The van der Waals surface area contributed by atoms with Gasteiger partial charge in [-0.05, 0) is 31.0 Å². The zero-order valence-corrected chi connectivity index (χ0v) is 13.6. The third-order valence-corrected chi connectivity index (χ3v) is 3.69. The average Bonchev–Trinajstić information content (AvgIpc) is 2.92. The molecule has 0 unspecified atom stereocenters. The Bertz CT molecular complexity index is 563. The molecule has 0 saturated heterocycles. The SMILES string of the molecule is CCCCCn1nnc(CN)c1Cc1ccc(OCC)cc1. The van der Waals surface area contributed by atoms with Gasteiger partial charge in [-0.2, -0.15) is 0 Å². The van der Waals surface area contributed by atoms with Gasteiger partial charge >= 0.3 is 0 Å². The lowest BCUT2D eigenvalue weighted by atomic mass is 10.1. The van der Waals surface area contributed by atoms with E-state index in [1.165, 1.54) is 18.4 Å². The maximum Gasteiger partial charge on any atom is 0.119 e. The molecule has 1 aromatic heterocycles. The van der Waals surface area contributed by atoms with E-state index in [1.807, 2.05) is 23.7 Å². The van der Waals surface area contributed by atoms with Crippen LogP contribution in [-0.4, -0.2) is 21.6 Å². The number of nitrogens with zero attached hydrogens (tertiary/aromatic N) is 3. The first kappa shape index (κ1) is 16.5. The molecule has 1 heterocycles. The molecule has 5 heteroatoms. The maximum absolute atomic E-state index is 5.80. The van der Waals surface area contributed by atoms with E-state index in [4.69, 9.17) is 10.5 Å². The van der Waals surface area contributed by atoms with Gasteiger partial charge in [0.25, 0.3) is 0 Å². The topological polar surface area (TPSA) is 66.0 Å². The molecule has 1 aromatic carbocycles. The van der Waals surface area contributed by atoms with Crippen molar-refractivity contribution in [3.63, 3.8) is 0 Å². The van der Waals surface area contributed by atoms with Crippen molar-refractivity contribution in [3.05, 3.63) is 41.2 Å². The summed E-state index contributed by atoms with van der Waals surface area (Å²) in [6.45, 7) is 6.22. The maximum atomic E-state index is 5.80. The average molecular weight is 302 g/mol. The predicted molar refractivity (Wildman–Crippen MR) is 87.9 cm³/mol. The van der Waals surface area contributed by atoms with E-state index in [0.29, 0.717) is 13.2 Å². The van der Waals surface area contributed by atoms with Crippen LogP contribution in [0.5, 0.6) is 5.75 Å². The monoisotopic (exact) mass is 302 g/mol. The highest BCUT2D eigenvalue weighted by Gasteiger charge is 2.12. The van der Waals surface area contributed by atoms with Crippen LogP contribution in [-0.2, 0) is 19.5 Å². The number of hydrogen-bond donors (Lipinski definition) is 1. The van der Waals surface area contributed by atoms with Gasteiger partial charge in [-0.3, -0.25) is 0 Å². The van der Waals surface area contributed by atoms with Gasteiger partial charge in [0.2, 0.25) is 0 Å². The Hall–Kier alpha value is -1.88. The normalized spacial score (nSPS) is 10.9. The van der Waals surface area contributed by atoms with E-state index >= 15 is 0 Å². The van der Waals surface area contributed by atoms with Crippen LogP contribution in [0.4, 0.5) is 0 Å². The van der Waals surface area contributed by atoms with Gasteiger partial charge in [0.05, 0.1) is 18.0 Å².